The van der Waals surface area contributed by atoms with Crippen LogP contribution in [0.15, 0.2) is 6.07 Å². The van der Waals surface area contributed by atoms with Crippen LogP contribution in [-0.2, 0) is 12.8 Å². The zero-order valence-corrected chi connectivity index (χ0v) is 11.0. The fraction of sp³-hybridized carbons (Fsp3) is 0.538. The Labute approximate surface area is 107 Å². The second-order valence-corrected chi connectivity index (χ2v) is 4.87. The molecule has 0 atom stereocenters. The quantitative estimate of drug-likeness (QED) is 0.597. The molecule has 0 aliphatic heterocycles. The van der Waals surface area contributed by atoms with Gasteiger partial charge in [0.1, 0.15) is 12.4 Å². The molecule has 1 aromatic heterocycles. The summed E-state index contributed by atoms with van der Waals surface area (Å²) in [6.45, 7) is 1.37. The van der Waals surface area contributed by atoms with Gasteiger partial charge in [-0.1, -0.05) is 0 Å². The molecular weight excluding hydrogens is 228 g/mol. The minimum Gasteiger partial charge on any atom is -0.476 e. The van der Waals surface area contributed by atoms with Gasteiger partial charge in [0.25, 0.3) is 0 Å². The number of likely N-dealkylation sites (N-methyl/N-ethyl adjacent to an activating group) is 1. The lowest BCUT2D eigenvalue weighted by molar-refractivity contribution is 0.253. The predicted octanol–water partition coefficient (Wildman–Crippen LogP) is 0.795. The first kappa shape index (κ1) is 12.8. The van der Waals surface area contributed by atoms with Crippen LogP contribution in [0, 0.1) is 5.41 Å². The van der Waals surface area contributed by atoms with E-state index in [4.69, 9.17) is 15.9 Å². The minimum atomic E-state index is 0.0250. The van der Waals surface area contributed by atoms with Crippen LogP contribution < -0.4 is 10.5 Å². The van der Waals surface area contributed by atoms with Crippen LogP contribution in [0.25, 0.3) is 0 Å². The van der Waals surface area contributed by atoms with Crippen molar-refractivity contribution in [2.75, 3.05) is 27.2 Å². The van der Waals surface area contributed by atoms with Crippen molar-refractivity contribution < 1.29 is 4.74 Å². The molecule has 2 rings (SSSR count). The molecule has 5 heteroatoms. The number of pyridine rings is 1. The smallest absolute Gasteiger partial charge is 0.224 e. The van der Waals surface area contributed by atoms with E-state index in [0.717, 1.165) is 31.5 Å². The van der Waals surface area contributed by atoms with Crippen molar-refractivity contribution >= 4 is 5.84 Å². The molecule has 0 fully saturated rings. The maximum atomic E-state index is 7.61. The Kier molecular flexibility index (Phi) is 3.81. The van der Waals surface area contributed by atoms with E-state index in [2.05, 4.69) is 4.98 Å². The molecular formula is C13H20N4O. The monoisotopic (exact) mass is 248 g/mol. The number of nitrogen functional groups attached to an aromatic ring is 1. The van der Waals surface area contributed by atoms with Crippen LogP contribution in [0.1, 0.15) is 23.2 Å². The van der Waals surface area contributed by atoms with Crippen molar-refractivity contribution in [3.8, 4) is 5.88 Å². The average Bonchev–Trinajstić information content (AvgIpc) is 2.74. The average molecular weight is 248 g/mol. The first-order chi connectivity index (χ1) is 8.58. The number of nitrogens with zero attached hydrogens (tertiary/aromatic N) is 2. The van der Waals surface area contributed by atoms with Gasteiger partial charge in [-0.3, -0.25) is 5.41 Å². The van der Waals surface area contributed by atoms with Crippen molar-refractivity contribution in [2.45, 2.75) is 19.3 Å². The van der Waals surface area contributed by atoms with Gasteiger partial charge in [0.2, 0.25) is 5.88 Å². The third-order valence-corrected chi connectivity index (χ3v) is 3.08. The van der Waals surface area contributed by atoms with Gasteiger partial charge in [-0.05, 0) is 45.0 Å². The standard InChI is InChI=1S/C13H20N4O/c1-17(2)6-7-18-13-10(12(14)15)8-9-4-3-5-11(9)16-13/h8H,3-7H2,1-2H3,(H3,14,15). The van der Waals surface area contributed by atoms with Crippen molar-refractivity contribution in [1.29, 1.82) is 5.41 Å². The molecule has 0 aromatic carbocycles. The van der Waals surface area contributed by atoms with E-state index < -0.39 is 0 Å². The van der Waals surface area contributed by atoms with Crippen LogP contribution in [0.2, 0.25) is 0 Å². The maximum Gasteiger partial charge on any atom is 0.224 e. The fourth-order valence-electron chi connectivity index (χ4n) is 2.08. The molecule has 0 saturated carbocycles. The van der Waals surface area contributed by atoms with E-state index in [-0.39, 0.29) is 5.84 Å². The van der Waals surface area contributed by atoms with E-state index in [1.807, 2.05) is 25.1 Å². The molecule has 3 N–H and O–H groups in total. The molecule has 0 bridgehead atoms. The van der Waals surface area contributed by atoms with Crippen molar-refractivity contribution in [2.24, 2.45) is 5.73 Å². The second-order valence-electron chi connectivity index (χ2n) is 4.87. The molecule has 0 radical (unpaired) electrons. The molecule has 98 valence electrons. The number of rotatable bonds is 5. The summed E-state index contributed by atoms with van der Waals surface area (Å²) in [7, 11) is 3.98. The van der Waals surface area contributed by atoms with Gasteiger partial charge < -0.3 is 15.4 Å². The number of ether oxygens (including phenoxy) is 1. The van der Waals surface area contributed by atoms with Crippen molar-refractivity contribution in [1.82, 2.24) is 9.88 Å². The third-order valence-electron chi connectivity index (χ3n) is 3.08. The minimum absolute atomic E-state index is 0.0250. The lowest BCUT2D eigenvalue weighted by atomic mass is 10.1. The summed E-state index contributed by atoms with van der Waals surface area (Å²) in [6, 6.07) is 1.96. The number of aromatic nitrogens is 1. The van der Waals surface area contributed by atoms with E-state index in [9.17, 15) is 0 Å². The molecule has 0 saturated heterocycles. The van der Waals surface area contributed by atoms with Crippen LogP contribution >= 0.6 is 0 Å². The highest BCUT2D eigenvalue weighted by atomic mass is 16.5. The second kappa shape index (κ2) is 5.35. The largest absolute Gasteiger partial charge is 0.476 e. The van der Waals surface area contributed by atoms with Crippen LogP contribution in [0.3, 0.4) is 0 Å². The number of hydrogen-bond acceptors (Lipinski definition) is 4. The summed E-state index contributed by atoms with van der Waals surface area (Å²) in [5, 5.41) is 7.61. The molecule has 1 aliphatic carbocycles. The highest BCUT2D eigenvalue weighted by Gasteiger charge is 2.18. The maximum absolute atomic E-state index is 7.61. The Hall–Kier alpha value is -1.62. The lowest BCUT2D eigenvalue weighted by Crippen LogP contribution is -2.21. The van der Waals surface area contributed by atoms with Crippen LogP contribution in [0.5, 0.6) is 5.88 Å². The summed E-state index contributed by atoms with van der Waals surface area (Å²) in [5.74, 6) is 0.530. The summed E-state index contributed by atoms with van der Waals surface area (Å²) in [6.07, 6.45) is 3.15. The van der Waals surface area contributed by atoms with E-state index >= 15 is 0 Å². The molecule has 1 heterocycles. The molecule has 0 spiro atoms. The molecule has 5 nitrogen and oxygen atoms in total. The Bertz CT molecular complexity index is 457. The number of hydrogen-bond donors (Lipinski definition) is 2. The number of nitrogens with two attached hydrogens (primary N) is 1. The molecule has 18 heavy (non-hydrogen) atoms. The number of fused-ring (bicyclic) bond motifs is 1. The number of aryl methyl sites for hydroxylation is 2. The van der Waals surface area contributed by atoms with Crippen LogP contribution in [-0.4, -0.2) is 43.0 Å². The normalized spacial score (nSPS) is 13.7. The van der Waals surface area contributed by atoms with E-state index in [0.29, 0.717) is 18.1 Å². The van der Waals surface area contributed by atoms with Gasteiger partial charge >= 0.3 is 0 Å². The highest BCUT2D eigenvalue weighted by molar-refractivity contribution is 5.97. The zero-order valence-electron chi connectivity index (χ0n) is 11.0. The summed E-state index contributed by atoms with van der Waals surface area (Å²) >= 11 is 0. The van der Waals surface area contributed by atoms with Gasteiger partial charge in [0.15, 0.2) is 0 Å². The zero-order chi connectivity index (χ0) is 13.1. The third kappa shape index (κ3) is 2.79. The lowest BCUT2D eigenvalue weighted by Gasteiger charge is -2.14. The Balaban J connectivity index is 2.19. The summed E-state index contributed by atoms with van der Waals surface area (Å²) in [5.41, 5.74) is 8.52. The predicted molar refractivity (Wildman–Crippen MR) is 71.3 cm³/mol. The Morgan fingerprint density at radius 3 is 2.94 bits per heavy atom. The fourth-order valence-corrected chi connectivity index (χ4v) is 2.08. The molecule has 1 aromatic rings. The number of nitrogens with one attached hydrogen (secondary N) is 1. The van der Waals surface area contributed by atoms with Crippen molar-refractivity contribution in [3.05, 3.63) is 22.9 Å². The first-order valence-electron chi connectivity index (χ1n) is 6.22. The van der Waals surface area contributed by atoms with Gasteiger partial charge in [0.05, 0.1) is 5.56 Å². The molecule has 0 amide bonds. The van der Waals surface area contributed by atoms with Gasteiger partial charge in [0, 0.05) is 12.2 Å². The molecule has 1 aliphatic rings. The van der Waals surface area contributed by atoms with E-state index in [1.165, 1.54) is 5.56 Å². The first-order valence-corrected chi connectivity index (χ1v) is 6.22. The van der Waals surface area contributed by atoms with Gasteiger partial charge in [-0.15, -0.1) is 0 Å². The molecule has 0 unspecified atom stereocenters. The van der Waals surface area contributed by atoms with Gasteiger partial charge in [-0.2, -0.15) is 0 Å². The number of amidine groups is 1. The Morgan fingerprint density at radius 2 is 2.28 bits per heavy atom. The summed E-state index contributed by atoms with van der Waals surface area (Å²) < 4.78 is 5.66. The summed E-state index contributed by atoms with van der Waals surface area (Å²) in [4.78, 5) is 6.55. The highest BCUT2D eigenvalue weighted by Crippen LogP contribution is 2.26. The van der Waals surface area contributed by atoms with E-state index in [1.54, 1.807) is 0 Å². The Morgan fingerprint density at radius 1 is 1.50 bits per heavy atom. The van der Waals surface area contributed by atoms with Crippen LogP contribution in [0.4, 0.5) is 0 Å². The SMILES string of the molecule is CN(C)CCOc1nc2c(cc1C(=N)N)CCC2. The topological polar surface area (TPSA) is 75.2 Å². The van der Waals surface area contributed by atoms with Crippen molar-refractivity contribution in [3.63, 3.8) is 0 Å². The van der Waals surface area contributed by atoms with Gasteiger partial charge in [-0.25, -0.2) is 4.98 Å².